The Hall–Kier alpha value is -1.62. The first-order valence-electron chi connectivity index (χ1n) is 5.77. The molecule has 0 radical (unpaired) electrons. The van der Waals surface area contributed by atoms with E-state index in [1.54, 1.807) is 7.11 Å². The van der Waals surface area contributed by atoms with Crippen LogP contribution in [0.1, 0.15) is 20.9 Å². The predicted molar refractivity (Wildman–Crippen MR) is 74.4 cm³/mol. The fourth-order valence-corrected chi connectivity index (χ4v) is 2.72. The number of thiophene rings is 1. The van der Waals surface area contributed by atoms with E-state index >= 15 is 0 Å². The van der Waals surface area contributed by atoms with Gasteiger partial charge in [-0.25, -0.2) is 9.97 Å². The molecule has 0 aromatic carbocycles. The second-order valence-corrected chi connectivity index (χ2v) is 5.50. The number of methoxy groups -OCH3 is 1. The molecule has 1 N–H and O–H groups in total. The Bertz CT molecular complexity index is 532. The maximum absolute atomic E-state index is 5.17. The smallest absolute Gasteiger partial charge is 0.221 e. The minimum Gasteiger partial charge on any atom is -0.481 e. The Labute approximate surface area is 111 Å². The van der Waals surface area contributed by atoms with Crippen LogP contribution in [0.4, 0.5) is 5.82 Å². The second kappa shape index (κ2) is 5.35. The van der Waals surface area contributed by atoms with Crippen LogP contribution in [0.2, 0.25) is 0 Å². The van der Waals surface area contributed by atoms with Gasteiger partial charge in [-0.15, -0.1) is 11.3 Å². The fraction of sp³-hybridized carbons (Fsp3) is 0.385. The van der Waals surface area contributed by atoms with E-state index in [-0.39, 0.29) is 0 Å². The molecule has 0 amide bonds. The summed E-state index contributed by atoms with van der Waals surface area (Å²) >= 11 is 1.81. The molecule has 0 fully saturated rings. The van der Waals surface area contributed by atoms with E-state index in [0.29, 0.717) is 5.88 Å². The summed E-state index contributed by atoms with van der Waals surface area (Å²) in [6, 6.07) is 2.21. The molecule has 5 heteroatoms. The van der Waals surface area contributed by atoms with E-state index in [1.165, 1.54) is 21.6 Å². The molecule has 2 rings (SSSR count). The molecule has 0 atom stereocenters. The van der Waals surface area contributed by atoms with E-state index in [4.69, 9.17) is 4.74 Å². The van der Waals surface area contributed by atoms with Gasteiger partial charge in [0.05, 0.1) is 19.2 Å². The van der Waals surface area contributed by atoms with Gasteiger partial charge >= 0.3 is 0 Å². The molecular weight excluding hydrogens is 246 g/mol. The van der Waals surface area contributed by atoms with Crippen LogP contribution in [0.15, 0.2) is 12.4 Å². The van der Waals surface area contributed by atoms with Gasteiger partial charge in [0.25, 0.3) is 0 Å². The van der Waals surface area contributed by atoms with Crippen LogP contribution in [0.3, 0.4) is 0 Å². The SMILES string of the molecule is COc1ncnc(NCc2cc(C)c(C)s2)c1C. The second-order valence-electron chi connectivity index (χ2n) is 4.16. The number of nitrogens with one attached hydrogen (secondary N) is 1. The third-order valence-electron chi connectivity index (χ3n) is 2.88. The molecule has 0 spiro atoms. The van der Waals surface area contributed by atoms with E-state index in [0.717, 1.165) is 17.9 Å². The van der Waals surface area contributed by atoms with Gasteiger partial charge in [-0.1, -0.05) is 0 Å². The number of ether oxygens (including phenoxy) is 1. The van der Waals surface area contributed by atoms with E-state index in [2.05, 4.69) is 35.2 Å². The summed E-state index contributed by atoms with van der Waals surface area (Å²) < 4.78 is 5.17. The molecule has 0 saturated carbocycles. The summed E-state index contributed by atoms with van der Waals surface area (Å²) in [6.07, 6.45) is 1.51. The molecular formula is C13H17N3OS. The minimum absolute atomic E-state index is 0.617. The lowest BCUT2D eigenvalue weighted by Crippen LogP contribution is -2.04. The Morgan fingerprint density at radius 1 is 1.28 bits per heavy atom. The zero-order valence-corrected chi connectivity index (χ0v) is 11.9. The molecule has 0 aliphatic carbocycles. The van der Waals surface area contributed by atoms with Crippen molar-refractivity contribution in [2.45, 2.75) is 27.3 Å². The summed E-state index contributed by atoms with van der Waals surface area (Å²) in [5.74, 6) is 1.44. The van der Waals surface area contributed by atoms with Crippen molar-refractivity contribution in [3.63, 3.8) is 0 Å². The molecule has 18 heavy (non-hydrogen) atoms. The molecule has 2 heterocycles. The van der Waals surface area contributed by atoms with E-state index < -0.39 is 0 Å². The zero-order chi connectivity index (χ0) is 13.1. The minimum atomic E-state index is 0.617. The van der Waals surface area contributed by atoms with Gasteiger partial charge in [-0.2, -0.15) is 0 Å². The molecule has 0 saturated heterocycles. The normalized spacial score (nSPS) is 10.4. The maximum Gasteiger partial charge on any atom is 0.221 e. The van der Waals surface area contributed by atoms with Crippen molar-refractivity contribution in [2.24, 2.45) is 0 Å². The van der Waals surface area contributed by atoms with Crippen molar-refractivity contribution in [1.29, 1.82) is 0 Å². The third-order valence-corrected chi connectivity index (χ3v) is 4.03. The van der Waals surface area contributed by atoms with Crippen molar-refractivity contribution >= 4 is 17.2 Å². The monoisotopic (exact) mass is 263 g/mol. The zero-order valence-electron chi connectivity index (χ0n) is 11.1. The van der Waals surface area contributed by atoms with Crippen molar-refractivity contribution in [2.75, 3.05) is 12.4 Å². The fourth-order valence-electron chi connectivity index (χ4n) is 1.73. The lowest BCUT2D eigenvalue weighted by Gasteiger charge is -2.09. The molecule has 0 aliphatic heterocycles. The highest BCUT2D eigenvalue weighted by molar-refractivity contribution is 7.12. The van der Waals surface area contributed by atoms with Crippen LogP contribution >= 0.6 is 11.3 Å². The largest absolute Gasteiger partial charge is 0.481 e. The quantitative estimate of drug-likeness (QED) is 0.921. The number of anilines is 1. The molecule has 0 aliphatic rings. The van der Waals surface area contributed by atoms with Gasteiger partial charge < -0.3 is 10.1 Å². The lowest BCUT2D eigenvalue weighted by atomic mass is 10.3. The third kappa shape index (κ3) is 2.61. The van der Waals surface area contributed by atoms with Crippen LogP contribution in [-0.2, 0) is 6.54 Å². The first-order chi connectivity index (χ1) is 8.61. The number of aromatic nitrogens is 2. The van der Waals surface area contributed by atoms with Crippen LogP contribution in [0.5, 0.6) is 5.88 Å². The van der Waals surface area contributed by atoms with Gasteiger partial charge in [0.15, 0.2) is 0 Å². The highest BCUT2D eigenvalue weighted by Gasteiger charge is 2.07. The maximum atomic E-state index is 5.17. The van der Waals surface area contributed by atoms with E-state index in [1.807, 2.05) is 18.3 Å². The van der Waals surface area contributed by atoms with Crippen molar-refractivity contribution in [3.05, 3.63) is 33.3 Å². The number of hydrogen-bond acceptors (Lipinski definition) is 5. The van der Waals surface area contributed by atoms with E-state index in [9.17, 15) is 0 Å². The average molecular weight is 263 g/mol. The highest BCUT2D eigenvalue weighted by Crippen LogP contribution is 2.23. The summed E-state index contributed by atoms with van der Waals surface area (Å²) in [5.41, 5.74) is 2.28. The number of aryl methyl sites for hydroxylation is 2. The number of hydrogen-bond donors (Lipinski definition) is 1. The van der Waals surface area contributed by atoms with Crippen molar-refractivity contribution in [1.82, 2.24) is 9.97 Å². The van der Waals surface area contributed by atoms with Gasteiger partial charge in [0, 0.05) is 9.75 Å². The molecule has 0 unspecified atom stereocenters. The van der Waals surface area contributed by atoms with Crippen LogP contribution in [0.25, 0.3) is 0 Å². The molecule has 4 nitrogen and oxygen atoms in total. The highest BCUT2D eigenvalue weighted by atomic mass is 32.1. The first-order valence-corrected chi connectivity index (χ1v) is 6.59. The molecule has 0 bridgehead atoms. The molecule has 96 valence electrons. The Morgan fingerprint density at radius 3 is 2.67 bits per heavy atom. The van der Waals surface area contributed by atoms with Crippen molar-refractivity contribution < 1.29 is 4.74 Å². The van der Waals surface area contributed by atoms with Crippen LogP contribution < -0.4 is 10.1 Å². The summed E-state index contributed by atoms with van der Waals surface area (Å²) in [5, 5.41) is 3.32. The Balaban J connectivity index is 2.10. The molecule has 2 aromatic rings. The van der Waals surface area contributed by atoms with Crippen LogP contribution in [0, 0.1) is 20.8 Å². The van der Waals surface area contributed by atoms with Gasteiger partial charge in [0.2, 0.25) is 5.88 Å². The van der Waals surface area contributed by atoms with Crippen LogP contribution in [-0.4, -0.2) is 17.1 Å². The lowest BCUT2D eigenvalue weighted by molar-refractivity contribution is 0.393. The summed E-state index contributed by atoms with van der Waals surface area (Å²) in [6.45, 7) is 7.00. The number of nitrogens with zero attached hydrogens (tertiary/aromatic N) is 2. The number of rotatable bonds is 4. The van der Waals surface area contributed by atoms with Gasteiger partial charge in [0.1, 0.15) is 12.1 Å². The topological polar surface area (TPSA) is 47.0 Å². The average Bonchev–Trinajstić information content (AvgIpc) is 2.67. The predicted octanol–water partition coefficient (Wildman–Crippen LogP) is 3.08. The van der Waals surface area contributed by atoms with Crippen molar-refractivity contribution in [3.8, 4) is 5.88 Å². The molecule has 2 aromatic heterocycles. The Morgan fingerprint density at radius 2 is 2.06 bits per heavy atom. The van der Waals surface area contributed by atoms with Gasteiger partial charge in [-0.3, -0.25) is 0 Å². The van der Waals surface area contributed by atoms with Gasteiger partial charge in [-0.05, 0) is 32.4 Å². The Kier molecular flexibility index (Phi) is 3.81. The standard InChI is InChI=1S/C13H17N3OS/c1-8-5-11(18-10(8)3)6-14-12-9(2)13(17-4)16-7-15-12/h5,7H,6H2,1-4H3,(H,14,15,16). The first kappa shape index (κ1) is 12.8. The summed E-state index contributed by atoms with van der Waals surface area (Å²) in [4.78, 5) is 11.0. The summed E-state index contributed by atoms with van der Waals surface area (Å²) in [7, 11) is 1.62.